The summed E-state index contributed by atoms with van der Waals surface area (Å²) in [5, 5.41) is 6.96. The summed E-state index contributed by atoms with van der Waals surface area (Å²) < 4.78 is 0. The topological polar surface area (TPSA) is 98.8 Å². The van der Waals surface area contributed by atoms with Crippen LogP contribution in [0.2, 0.25) is 0 Å². The van der Waals surface area contributed by atoms with Gasteiger partial charge in [-0.05, 0) is 89.9 Å². The molecule has 2 unspecified atom stereocenters. The zero-order valence-corrected chi connectivity index (χ0v) is 25.1. The Balaban J connectivity index is 1.16. The van der Waals surface area contributed by atoms with Gasteiger partial charge < -0.3 is 10.6 Å². The molecule has 11 heteroatoms. The minimum absolute atomic E-state index is 0.0675. The van der Waals surface area contributed by atoms with Crippen molar-refractivity contribution in [1.82, 2.24) is 20.4 Å². The Bertz CT molecular complexity index is 1000. The van der Waals surface area contributed by atoms with Crippen LogP contribution in [-0.4, -0.2) is 74.2 Å². The van der Waals surface area contributed by atoms with Gasteiger partial charge in [0.15, 0.2) is 5.11 Å². The third-order valence-electron chi connectivity index (χ3n) is 7.76. The number of hydrogen-bond donors (Lipinski definition) is 2. The highest BCUT2D eigenvalue weighted by atomic mass is 32.2. The first-order valence-corrected chi connectivity index (χ1v) is 15.8. The average molecular weight is 579 g/mol. The molecule has 0 radical (unpaired) electrons. The number of fused-ring (bicyclic) bond motifs is 2. The number of rotatable bonds is 10. The van der Waals surface area contributed by atoms with Crippen molar-refractivity contribution >= 4 is 64.5 Å². The normalized spacial score (nSPS) is 23.8. The minimum atomic E-state index is -0.567. The molecule has 4 aliphatic heterocycles. The second kappa shape index (κ2) is 11.7. The van der Waals surface area contributed by atoms with Crippen LogP contribution in [0.15, 0.2) is 22.0 Å². The van der Waals surface area contributed by atoms with E-state index in [2.05, 4.69) is 10.6 Å². The van der Waals surface area contributed by atoms with Crippen LogP contribution in [0.1, 0.15) is 66.2 Å². The van der Waals surface area contributed by atoms with Gasteiger partial charge in [0.05, 0.1) is 11.8 Å². The second-order valence-electron chi connectivity index (χ2n) is 11.5. The summed E-state index contributed by atoms with van der Waals surface area (Å²) in [6.07, 6.45) is 7.74. The van der Waals surface area contributed by atoms with Crippen molar-refractivity contribution in [3.05, 3.63) is 22.0 Å². The molecule has 0 saturated carbocycles. The van der Waals surface area contributed by atoms with Crippen molar-refractivity contribution in [3.63, 3.8) is 0 Å². The van der Waals surface area contributed by atoms with Gasteiger partial charge in [0.25, 0.3) is 11.8 Å². The molecule has 38 heavy (non-hydrogen) atoms. The molecule has 4 rings (SSSR count). The standard InChI is InChI=1S/C27H38N4O4S3/c1-26(2,30-21(32)15-19-17(23(30)34)7-13-37-19)9-5-11-28-25(36)29-12-6-10-27(3,4)31-22(33)16-20-18(24(31)35)8-14-38-20/h15-18H,5-14H2,1-4H3,(H2,28,29,36). The smallest absolute Gasteiger partial charge is 0.254 e. The summed E-state index contributed by atoms with van der Waals surface area (Å²) in [7, 11) is 0. The fourth-order valence-electron chi connectivity index (χ4n) is 5.68. The number of imide groups is 2. The molecule has 0 aromatic heterocycles. The summed E-state index contributed by atoms with van der Waals surface area (Å²) in [6.45, 7) is 9.04. The Kier molecular flexibility index (Phi) is 8.98. The monoisotopic (exact) mass is 578 g/mol. The molecule has 4 aliphatic rings. The van der Waals surface area contributed by atoms with Crippen LogP contribution in [0.5, 0.6) is 0 Å². The molecule has 0 aromatic rings. The lowest BCUT2D eigenvalue weighted by molar-refractivity contribution is -0.153. The van der Waals surface area contributed by atoms with Gasteiger partial charge in [0.2, 0.25) is 11.8 Å². The van der Waals surface area contributed by atoms with Gasteiger partial charge in [-0.25, -0.2) is 0 Å². The van der Waals surface area contributed by atoms with Gasteiger partial charge in [-0.2, -0.15) is 0 Å². The number of thioether (sulfide) groups is 2. The number of carbonyl (C=O) groups is 4. The maximum atomic E-state index is 13.0. The second-order valence-corrected chi connectivity index (χ2v) is 14.3. The van der Waals surface area contributed by atoms with Crippen molar-refractivity contribution < 1.29 is 19.2 Å². The largest absolute Gasteiger partial charge is 0.363 e. The Morgan fingerprint density at radius 2 is 1.21 bits per heavy atom. The van der Waals surface area contributed by atoms with E-state index in [1.54, 1.807) is 35.7 Å². The maximum absolute atomic E-state index is 13.0. The third kappa shape index (κ3) is 6.14. The zero-order valence-electron chi connectivity index (χ0n) is 22.6. The number of nitrogens with one attached hydrogen (secondary N) is 2. The number of thiocarbonyl (C=S) groups is 1. The van der Waals surface area contributed by atoms with Crippen LogP contribution in [0, 0.1) is 11.8 Å². The van der Waals surface area contributed by atoms with Crippen LogP contribution in [0.25, 0.3) is 0 Å². The third-order valence-corrected chi connectivity index (χ3v) is 10.4. The Labute approximate surface area is 239 Å². The highest BCUT2D eigenvalue weighted by Crippen LogP contribution is 2.43. The van der Waals surface area contributed by atoms with E-state index in [1.807, 2.05) is 27.7 Å². The lowest BCUT2D eigenvalue weighted by atomic mass is 9.90. The number of nitrogens with zero attached hydrogens (tertiary/aromatic N) is 2. The highest BCUT2D eigenvalue weighted by Gasteiger charge is 2.45. The molecule has 2 fully saturated rings. The molecule has 4 heterocycles. The van der Waals surface area contributed by atoms with Crippen molar-refractivity contribution in [2.24, 2.45) is 11.8 Å². The van der Waals surface area contributed by atoms with Crippen LogP contribution >= 0.6 is 35.7 Å². The Morgan fingerprint density at radius 1 is 0.816 bits per heavy atom. The molecule has 2 atom stereocenters. The molecule has 0 aliphatic carbocycles. The minimum Gasteiger partial charge on any atom is -0.363 e. The highest BCUT2D eigenvalue weighted by molar-refractivity contribution is 8.03. The quantitative estimate of drug-likeness (QED) is 0.229. The molecular weight excluding hydrogens is 541 g/mol. The van der Waals surface area contributed by atoms with E-state index in [0.717, 1.165) is 47.0 Å². The fraction of sp³-hybridized carbons (Fsp3) is 0.667. The summed E-state index contributed by atoms with van der Waals surface area (Å²) in [4.78, 5) is 56.0. The predicted octanol–water partition coefficient (Wildman–Crippen LogP) is 3.58. The molecule has 4 amide bonds. The number of carbonyl (C=O) groups excluding carboxylic acids is 4. The van der Waals surface area contributed by atoms with E-state index in [9.17, 15) is 19.2 Å². The first-order valence-electron chi connectivity index (χ1n) is 13.4. The Morgan fingerprint density at radius 3 is 1.61 bits per heavy atom. The molecule has 0 spiro atoms. The zero-order chi connectivity index (χ0) is 27.7. The maximum Gasteiger partial charge on any atom is 0.254 e. The van der Waals surface area contributed by atoms with Crippen molar-refractivity contribution in [2.75, 3.05) is 24.6 Å². The van der Waals surface area contributed by atoms with Crippen LogP contribution in [0.4, 0.5) is 0 Å². The summed E-state index contributed by atoms with van der Waals surface area (Å²) in [5.41, 5.74) is -1.13. The van der Waals surface area contributed by atoms with Crippen LogP contribution < -0.4 is 10.6 Å². The lowest BCUT2D eigenvalue weighted by Gasteiger charge is -2.40. The predicted molar refractivity (Wildman–Crippen MR) is 156 cm³/mol. The lowest BCUT2D eigenvalue weighted by Crippen LogP contribution is -2.54. The first-order chi connectivity index (χ1) is 17.9. The van der Waals surface area contributed by atoms with E-state index < -0.39 is 11.1 Å². The molecular formula is C27H38N4O4S3. The van der Waals surface area contributed by atoms with Crippen molar-refractivity contribution in [1.29, 1.82) is 0 Å². The van der Waals surface area contributed by atoms with Crippen molar-refractivity contribution in [2.45, 2.75) is 77.3 Å². The summed E-state index contributed by atoms with van der Waals surface area (Å²) >= 11 is 8.65. The van der Waals surface area contributed by atoms with E-state index in [0.29, 0.717) is 31.0 Å². The fourth-order valence-corrected chi connectivity index (χ4v) is 8.27. The van der Waals surface area contributed by atoms with Gasteiger partial charge in [-0.3, -0.25) is 29.0 Å². The van der Waals surface area contributed by atoms with Gasteiger partial charge in [-0.15, -0.1) is 23.5 Å². The summed E-state index contributed by atoms with van der Waals surface area (Å²) in [5.74, 6) is 0.923. The van der Waals surface area contributed by atoms with E-state index in [-0.39, 0.29) is 35.5 Å². The first kappa shape index (κ1) is 29.1. The van der Waals surface area contributed by atoms with Crippen molar-refractivity contribution in [3.8, 4) is 0 Å². The molecule has 0 bridgehead atoms. The van der Waals surface area contributed by atoms with Crippen LogP contribution in [0.3, 0.4) is 0 Å². The van der Waals surface area contributed by atoms with Gasteiger partial charge in [-0.1, -0.05) is 0 Å². The molecule has 0 aromatic carbocycles. The van der Waals surface area contributed by atoms with E-state index in [1.165, 1.54) is 9.80 Å². The average Bonchev–Trinajstić information content (AvgIpc) is 3.49. The van der Waals surface area contributed by atoms with Gasteiger partial charge >= 0.3 is 0 Å². The SMILES string of the molecule is CC(C)(CCCNC(=S)NCCCC(C)(C)N1C(=O)C=C2SCCC2C1=O)N1C(=O)C=C2SCCC2C1=O. The van der Waals surface area contributed by atoms with Gasteiger partial charge in [0.1, 0.15) is 0 Å². The number of hydrogen-bond acceptors (Lipinski definition) is 7. The molecule has 8 nitrogen and oxygen atoms in total. The van der Waals surface area contributed by atoms with E-state index in [4.69, 9.17) is 12.2 Å². The molecule has 2 N–H and O–H groups in total. The molecule has 2 saturated heterocycles. The molecule has 208 valence electrons. The van der Waals surface area contributed by atoms with Gasteiger partial charge in [0, 0.05) is 46.1 Å². The van der Waals surface area contributed by atoms with Crippen LogP contribution in [-0.2, 0) is 19.2 Å². The summed E-state index contributed by atoms with van der Waals surface area (Å²) in [6, 6.07) is 0. The van der Waals surface area contributed by atoms with E-state index >= 15 is 0 Å². The Hall–Kier alpha value is -1.85. The number of amides is 4.